The first-order chi connectivity index (χ1) is 8.34. The molecule has 1 N–H and O–H groups in total. The first kappa shape index (κ1) is 11.4. The summed E-state index contributed by atoms with van der Waals surface area (Å²) in [6.45, 7) is 1.25. The molecule has 0 saturated carbocycles. The highest BCUT2D eigenvalue weighted by atomic mass is 16.6. The van der Waals surface area contributed by atoms with E-state index in [1.54, 1.807) is 0 Å². The van der Waals surface area contributed by atoms with Crippen molar-refractivity contribution in [2.24, 2.45) is 5.16 Å². The molecule has 0 fully saturated rings. The van der Waals surface area contributed by atoms with Gasteiger partial charge in [0.1, 0.15) is 13.2 Å². The van der Waals surface area contributed by atoms with Crippen molar-refractivity contribution in [3.05, 3.63) is 35.9 Å². The maximum absolute atomic E-state index is 11.3. The maximum atomic E-state index is 11.3. The zero-order valence-electron chi connectivity index (χ0n) is 9.39. The Kier molecular flexibility index (Phi) is 3.96. The van der Waals surface area contributed by atoms with Gasteiger partial charge in [0, 0.05) is 6.42 Å². The molecule has 0 atom stereocenters. The maximum Gasteiger partial charge on any atom is 0.407 e. The molecule has 0 saturated heterocycles. The van der Waals surface area contributed by atoms with Crippen molar-refractivity contribution in [2.45, 2.75) is 13.0 Å². The molecule has 0 spiro atoms. The quantitative estimate of drug-likeness (QED) is 0.862. The lowest BCUT2D eigenvalue weighted by molar-refractivity contribution is 0.141. The third-order valence-electron chi connectivity index (χ3n) is 2.33. The highest BCUT2D eigenvalue weighted by molar-refractivity contribution is 5.89. The molecule has 90 valence electrons. The third kappa shape index (κ3) is 3.79. The van der Waals surface area contributed by atoms with Gasteiger partial charge in [-0.2, -0.15) is 0 Å². The molecular formula is C12H14N2O3. The largest absolute Gasteiger partial charge is 0.445 e. The Labute approximate surface area is 99.4 Å². The van der Waals surface area contributed by atoms with Crippen LogP contribution in [-0.2, 0) is 16.2 Å². The van der Waals surface area contributed by atoms with Crippen LogP contribution in [0.2, 0.25) is 0 Å². The van der Waals surface area contributed by atoms with Crippen LogP contribution in [0, 0.1) is 0 Å². The number of carbonyl (C=O) groups is 1. The summed E-state index contributed by atoms with van der Waals surface area (Å²) < 4.78 is 5.04. The van der Waals surface area contributed by atoms with Crippen molar-refractivity contribution in [3.8, 4) is 0 Å². The molecule has 0 bridgehead atoms. The van der Waals surface area contributed by atoms with Gasteiger partial charge in [0.2, 0.25) is 0 Å². The molecule has 17 heavy (non-hydrogen) atoms. The Morgan fingerprint density at radius 3 is 2.94 bits per heavy atom. The van der Waals surface area contributed by atoms with Gasteiger partial charge in [0.25, 0.3) is 0 Å². The second-order valence-electron chi connectivity index (χ2n) is 3.66. The van der Waals surface area contributed by atoms with Gasteiger partial charge in [-0.05, 0) is 5.56 Å². The van der Waals surface area contributed by atoms with Gasteiger partial charge in [0.15, 0.2) is 0 Å². The van der Waals surface area contributed by atoms with E-state index in [4.69, 9.17) is 9.57 Å². The van der Waals surface area contributed by atoms with E-state index < -0.39 is 6.09 Å². The number of hydrogen-bond acceptors (Lipinski definition) is 4. The van der Waals surface area contributed by atoms with Crippen molar-refractivity contribution in [2.75, 3.05) is 13.2 Å². The van der Waals surface area contributed by atoms with Gasteiger partial charge < -0.3 is 14.9 Å². The lowest BCUT2D eigenvalue weighted by Crippen LogP contribution is -2.29. The fourth-order valence-corrected chi connectivity index (χ4v) is 1.42. The fraction of sp³-hybridized carbons (Fsp3) is 0.333. The first-order valence-electron chi connectivity index (χ1n) is 5.47. The van der Waals surface area contributed by atoms with Crippen molar-refractivity contribution >= 4 is 11.8 Å². The number of ether oxygens (including phenoxy) is 1. The van der Waals surface area contributed by atoms with Crippen LogP contribution in [0.25, 0.3) is 0 Å². The number of nitrogens with zero attached hydrogens (tertiary/aromatic N) is 1. The average molecular weight is 234 g/mol. The highest BCUT2D eigenvalue weighted by Crippen LogP contribution is 2.01. The van der Waals surface area contributed by atoms with E-state index in [1.807, 2.05) is 30.3 Å². The summed E-state index contributed by atoms with van der Waals surface area (Å²) in [5, 5.41) is 6.40. The normalized spacial score (nSPS) is 13.8. The number of hydrogen-bond donors (Lipinski definition) is 1. The van der Waals surface area contributed by atoms with Crippen LogP contribution in [0.5, 0.6) is 0 Å². The molecule has 5 nitrogen and oxygen atoms in total. The number of benzene rings is 1. The SMILES string of the molecule is O=C(NCC1=NOCC1)OCc1ccccc1. The Hall–Kier alpha value is -2.04. The van der Waals surface area contributed by atoms with Crippen LogP contribution < -0.4 is 5.32 Å². The van der Waals surface area contributed by atoms with E-state index in [-0.39, 0.29) is 6.61 Å². The zero-order valence-corrected chi connectivity index (χ0v) is 9.39. The summed E-state index contributed by atoms with van der Waals surface area (Å²) >= 11 is 0. The molecular weight excluding hydrogens is 220 g/mol. The van der Waals surface area contributed by atoms with Gasteiger partial charge in [-0.25, -0.2) is 4.79 Å². The minimum Gasteiger partial charge on any atom is -0.445 e. The van der Waals surface area contributed by atoms with Gasteiger partial charge in [-0.1, -0.05) is 35.5 Å². The Balaban J connectivity index is 1.67. The van der Waals surface area contributed by atoms with Gasteiger partial charge in [0.05, 0.1) is 12.3 Å². The third-order valence-corrected chi connectivity index (χ3v) is 2.33. The molecule has 1 aliphatic heterocycles. The number of amides is 1. The van der Waals surface area contributed by atoms with Gasteiger partial charge in [-0.15, -0.1) is 0 Å². The van der Waals surface area contributed by atoms with Crippen LogP contribution in [0.3, 0.4) is 0 Å². The molecule has 1 heterocycles. The van der Waals surface area contributed by atoms with E-state index in [1.165, 1.54) is 0 Å². The predicted octanol–water partition coefficient (Wildman–Crippen LogP) is 1.69. The van der Waals surface area contributed by atoms with Crippen molar-refractivity contribution in [1.29, 1.82) is 0 Å². The molecule has 0 radical (unpaired) electrons. The molecule has 1 aromatic rings. The summed E-state index contributed by atoms with van der Waals surface area (Å²) in [7, 11) is 0. The molecule has 1 amide bonds. The minimum absolute atomic E-state index is 0.273. The lowest BCUT2D eigenvalue weighted by Gasteiger charge is -2.06. The van der Waals surface area contributed by atoms with Crippen LogP contribution in [-0.4, -0.2) is 25.0 Å². The summed E-state index contributed by atoms with van der Waals surface area (Å²) in [4.78, 5) is 16.2. The average Bonchev–Trinajstić information content (AvgIpc) is 2.88. The first-order valence-corrected chi connectivity index (χ1v) is 5.47. The Morgan fingerprint density at radius 2 is 2.24 bits per heavy atom. The Bertz CT molecular complexity index is 403. The van der Waals surface area contributed by atoms with E-state index in [9.17, 15) is 4.79 Å². The summed E-state index contributed by atoms with van der Waals surface area (Å²) in [5.41, 5.74) is 1.80. The smallest absolute Gasteiger partial charge is 0.407 e. The van der Waals surface area contributed by atoms with Gasteiger partial charge in [-0.3, -0.25) is 0 Å². The number of alkyl carbamates (subject to hydrolysis) is 1. The fourth-order valence-electron chi connectivity index (χ4n) is 1.42. The molecule has 2 rings (SSSR count). The molecule has 0 unspecified atom stereocenters. The lowest BCUT2D eigenvalue weighted by atomic mass is 10.2. The topological polar surface area (TPSA) is 59.9 Å². The van der Waals surface area contributed by atoms with E-state index in [2.05, 4.69) is 10.5 Å². The van der Waals surface area contributed by atoms with Gasteiger partial charge >= 0.3 is 6.09 Å². The van der Waals surface area contributed by atoms with E-state index in [0.717, 1.165) is 17.7 Å². The monoisotopic (exact) mass is 234 g/mol. The van der Waals surface area contributed by atoms with Crippen LogP contribution in [0.15, 0.2) is 35.5 Å². The van der Waals surface area contributed by atoms with E-state index >= 15 is 0 Å². The van der Waals surface area contributed by atoms with Crippen molar-refractivity contribution < 1.29 is 14.4 Å². The predicted molar refractivity (Wildman–Crippen MR) is 62.6 cm³/mol. The summed E-state index contributed by atoms with van der Waals surface area (Å²) in [5.74, 6) is 0. The van der Waals surface area contributed by atoms with Crippen molar-refractivity contribution in [1.82, 2.24) is 5.32 Å². The van der Waals surface area contributed by atoms with Crippen LogP contribution >= 0.6 is 0 Å². The molecule has 1 aliphatic rings. The number of oxime groups is 1. The number of carbonyl (C=O) groups excluding carboxylic acids is 1. The second-order valence-corrected chi connectivity index (χ2v) is 3.66. The molecule has 0 aliphatic carbocycles. The Morgan fingerprint density at radius 1 is 1.41 bits per heavy atom. The zero-order chi connectivity index (χ0) is 11.9. The molecule has 1 aromatic carbocycles. The minimum atomic E-state index is -0.441. The second kappa shape index (κ2) is 5.89. The molecule has 5 heteroatoms. The van der Waals surface area contributed by atoms with Crippen LogP contribution in [0.1, 0.15) is 12.0 Å². The highest BCUT2D eigenvalue weighted by Gasteiger charge is 2.09. The number of rotatable bonds is 4. The standard InChI is InChI=1S/C12H14N2O3/c15-12(13-8-11-6-7-17-14-11)16-9-10-4-2-1-3-5-10/h1-5H,6-9H2,(H,13,15). The van der Waals surface area contributed by atoms with Crippen molar-refractivity contribution in [3.63, 3.8) is 0 Å². The summed E-state index contributed by atoms with van der Waals surface area (Å²) in [6.07, 6.45) is 0.322. The van der Waals surface area contributed by atoms with E-state index in [0.29, 0.717) is 13.2 Å². The number of nitrogens with one attached hydrogen (secondary N) is 1. The molecule has 0 aromatic heterocycles. The van der Waals surface area contributed by atoms with Crippen LogP contribution in [0.4, 0.5) is 4.79 Å². The summed E-state index contributed by atoms with van der Waals surface area (Å²) in [6, 6.07) is 9.54.